The maximum Gasteiger partial charge on any atom is 0.225 e. The highest BCUT2D eigenvalue weighted by atomic mass is 79.9. The van der Waals surface area contributed by atoms with Crippen LogP contribution in [0, 0.1) is 13.8 Å². The Morgan fingerprint density at radius 3 is 2.44 bits per heavy atom. The van der Waals surface area contributed by atoms with E-state index in [0.29, 0.717) is 6.10 Å². The first-order valence-corrected chi connectivity index (χ1v) is 7.56. The molecule has 0 amide bonds. The van der Waals surface area contributed by atoms with Crippen molar-refractivity contribution in [2.24, 2.45) is 0 Å². The molecule has 18 heavy (non-hydrogen) atoms. The Labute approximate surface area is 117 Å². The van der Waals surface area contributed by atoms with Crippen LogP contribution in [0.2, 0.25) is 0 Å². The standard InChI is InChI=1S/C13H20BrN3O/c1-10-9-11(2)16-13(15-10)17-6-3-12(4-7-17)18-8-5-14/h9,12H,3-8H2,1-2H3. The van der Waals surface area contributed by atoms with Gasteiger partial charge in [0.25, 0.3) is 0 Å². The minimum absolute atomic E-state index is 0.393. The summed E-state index contributed by atoms with van der Waals surface area (Å²) < 4.78 is 5.75. The largest absolute Gasteiger partial charge is 0.377 e. The van der Waals surface area contributed by atoms with Crippen molar-refractivity contribution < 1.29 is 4.74 Å². The van der Waals surface area contributed by atoms with Crippen LogP contribution in [-0.4, -0.2) is 41.1 Å². The molecule has 0 bridgehead atoms. The Balaban J connectivity index is 1.92. The van der Waals surface area contributed by atoms with Crippen LogP contribution in [0.3, 0.4) is 0 Å². The number of hydrogen-bond acceptors (Lipinski definition) is 4. The van der Waals surface area contributed by atoms with Gasteiger partial charge in [0.1, 0.15) is 0 Å². The molecule has 5 heteroatoms. The first kappa shape index (κ1) is 13.7. The summed E-state index contributed by atoms with van der Waals surface area (Å²) in [7, 11) is 0. The van der Waals surface area contributed by atoms with Gasteiger partial charge in [-0.25, -0.2) is 9.97 Å². The summed E-state index contributed by atoms with van der Waals surface area (Å²) in [5.74, 6) is 0.867. The highest BCUT2D eigenvalue weighted by Crippen LogP contribution is 2.18. The van der Waals surface area contributed by atoms with Gasteiger partial charge in [0.2, 0.25) is 5.95 Å². The lowest BCUT2D eigenvalue weighted by atomic mass is 10.1. The molecule has 0 radical (unpaired) electrons. The van der Waals surface area contributed by atoms with E-state index in [9.17, 15) is 0 Å². The van der Waals surface area contributed by atoms with Crippen LogP contribution >= 0.6 is 15.9 Å². The van der Waals surface area contributed by atoms with E-state index in [0.717, 1.165) is 55.2 Å². The molecule has 4 nitrogen and oxygen atoms in total. The second-order valence-electron chi connectivity index (χ2n) is 4.70. The number of piperidine rings is 1. The van der Waals surface area contributed by atoms with Gasteiger partial charge < -0.3 is 9.64 Å². The van der Waals surface area contributed by atoms with Gasteiger partial charge in [0.15, 0.2) is 0 Å². The number of ether oxygens (including phenoxy) is 1. The Morgan fingerprint density at radius 1 is 1.28 bits per heavy atom. The normalized spacial score (nSPS) is 17.2. The van der Waals surface area contributed by atoms with Crippen LogP contribution in [0.15, 0.2) is 6.07 Å². The number of halogens is 1. The monoisotopic (exact) mass is 313 g/mol. The molecule has 2 heterocycles. The molecule has 2 rings (SSSR count). The third-order valence-corrected chi connectivity index (χ3v) is 3.45. The van der Waals surface area contributed by atoms with Crippen LogP contribution in [0.1, 0.15) is 24.2 Å². The minimum atomic E-state index is 0.393. The lowest BCUT2D eigenvalue weighted by Gasteiger charge is -2.32. The number of aryl methyl sites for hydroxylation is 2. The predicted molar refractivity (Wildman–Crippen MR) is 76.5 cm³/mol. The van der Waals surface area contributed by atoms with Gasteiger partial charge in [-0.15, -0.1) is 0 Å². The third kappa shape index (κ3) is 3.65. The SMILES string of the molecule is Cc1cc(C)nc(N2CCC(OCCBr)CC2)n1. The Morgan fingerprint density at radius 2 is 1.89 bits per heavy atom. The fourth-order valence-electron chi connectivity index (χ4n) is 2.28. The van der Waals surface area contributed by atoms with Crippen LogP contribution in [0.25, 0.3) is 0 Å². The maximum absolute atomic E-state index is 5.75. The van der Waals surface area contributed by atoms with E-state index in [1.165, 1.54) is 0 Å². The van der Waals surface area contributed by atoms with Gasteiger partial charge in [-0.05, 0) is 32.8 Å². The predicted octanol–water partition coefficient (Wildman–Crippen LogP) is 2.47. The molecule has 0 saturated carbocycles. The summed E-state index contributed by atoms with van der Waals surface area (Å²) in [6.45, 7) is 6.80. The van der Waals surface area contributed by atoms with Crippen molar-refractivity contribution >= 4 is 21.9 Å². The van der Waals surface area contributed by atoms with Crippen molar-refractivity contribution in [3.8, 4) is 0 Å². The van der Waals surface area contributed by atoms with E-state index in [4.69, 9.17) is 4.74 Å². The van der Waals surface area contributed by atoms with Crippen molar-refractivity contribution in [1.82, 2.24) is 9.97 Å². The lowest BCUT2D eigenvalue weighted by molar-refractivity contribution is 0.0479. The van der Waals surface area contributed by atoms with Gasteiger partial charge in [0.05, 0.1) is 12.7 Å². The van der Waals surface area contributed by atoms with Crippen LogP contribution in [-0.2, 0) is 4.74 Å². The van der Waals surface area contributed by atoms with E-state index in [2.05, 4.69) is 30.8 Å². The molecule has 1 fully saturated rings. The molecule has 0 N–H and O–H groups in total. The number of anilines is 1. The van der Waals surface area contributed by atoms with Crippen LogP contribution < -0.4 is 4.90 Å². The molecule has 0 spiro atoms. The van der Waals surface area contributed by atoms with Gasteiger partial charge in [0, 0.05) is 29.8 Å². The number of nitrogens with zero attached hydrogens (tertiary/aromatic N) is 3. The number of rotatable bonds is 4. The molecule has 1 aliphatic heterocycles. The molecule has 0 unspecified atom stereocenters. The average Bonchev–Trinajstić information content (AvgIpc) is 2.36. The van der Waals surface area contributed by atoms with Gasteiger partial charge in [-0.3, -0.25) is 0 Å². The van der Waals surface area contributed by atoms with E-state index < -0.39 is 0 Å². The third-order valence-electron chi connectivity index (χ3n) is 3.13. The average molecular weight is 314 g/mol. The zero-order chi connectivity index (χ0) is 13.0. The van der Waals surface area contributed by atoms with Crippen molar-refractivity contribution in [2.75, 3.05) is 29.9 Å². The zero-order valence-electron chi connectivity index (χ0n) is 11.0. The first-order chi connectivity index (χ1) is 8.69. The Kier molecular flexibility index (Phi) is 4.95. The summed E-state index contributed by atoms with van der Waals surface area (Å²) in [5.41, 5.74) is 2.07. The van der Waals surface area contributed by atoms with E-state index in [1.807, 2.05) is 19.9 Å². The summed E-state index contributed by atoms with van der Waals surface area (Å²) in [6, 6.07) is 2.01. The fourth-order valence-corrected chi connectivity index (χ4v) is 2.47. The van der Waals surface area contributed by atoms with Crippen LogP contribution in [0.5, 0.6) is 0 Å². The van der Waals surface area contributed by atoms with Gasteiger partial charge in [-0.1, -0.05) is 15.9 Å². The molecule has 1 saturated heterocycles. The first-order valence-electron chi connectivity index (χ1n) is 6.44. The van der Waals surface area contributed by atoms with Crippen molar-refractivity contribution in [1.29, 1.82) is 0 Å². The summed E-state index contributed by atoms with van der Waals surface area (Å²) in [4.78, 5) is 11.3. The zero-order valence-corrected chi connectivity index (χ0v) is 12.6. The summed E-state index contributed by atoms with van der Waals surface area (Å²) >= 11 is 3.39. The van der Waals surface area contributed by atoms with Crippen molar-refractivity contribution in [2.45, 2.75) is 32.8 Å². The van der Waals surface area contributed by atoms with E-state index >= 15 is 0 Å². The van der Waals surface area contributed by atoms with Gasteiger partial charge in [-0.2, -0.15) is 0 Å². The smallest absolute Gasteiger partial charge is 0.225 e. The summed E-state index contributed by atoms with van der Waals surface area (Å²) in [6.07, 6.45) is 2.51. The lowest BCUT2D eigenvalue weighted by Crippen LogP contribution is -2.38. The number of aromatic nitrogens is 2. The molecule has 1 aliphatic rings. The molecular weight excluding hydrogens is 294 g/mol. The Hall–Kier alpha value is -0.680. The van der Waals surface area contributed by atoms with Crippen molar-refractivity contribution in [3.63, 3.8) is 0 Å². The summed E-state index contributed by atoms with van der Waals surface area (Å²) in [5, 5.41) is 0.910. The quantitative estimate of drug-likeness (QED) is 0.800. The van der Waals surface area contributed by atoms with Crippen molar-refractivity contribution in [3.05, 3.63) is 17.5 Å². The maximum atomic E-state index is 5.75. The molecule has 0 aromatic carbocycles. The highest BCUT2D eigenvalue weighted by Gasteiger charge is 2.21. The Bertz CT molecular complexity index is 372. The number of alkyl halides is 1. The second kappa shape index (κ2) is 6.48. The molecule has 1 aromatic rings. The molecular formula is C13H20BrN3O. The second-order valence-corrected chi connectivity index (χ2v) is 5.49. The topological polar surface area (TPSA) is 38.2 Å². The fraction of sp³-hybridized carbons (Fsp3) is 0.692. The van der Waals surface area contributed by atoms with Crippen LogP contribution in [0.4, 0.5) is 5.95 Å². The molecule has 100 valence electrons. The van der Waals surface area contributed by atoms with E-state index in [1.54, 1.807) is 0 Å². The van der Waals surface area contributed by atoms with E-state index in [-0.39, 0.29) is 0 Å². The number of hydrogen-bond donors (Lipinski definition) is 0. The highest BCUT2D eigenvalue weighted by molar-refractivity contribution is 9.09. The molecule has 0 atom stereocenters. The molecule has 1 aromatic heterocycles. The minimum Gasteiger partial charge on any atom is -0.377 e. The molecule has 0 aliphatic carbocycles. The van der Waals surface area contributed by atoms with Gasteiger partial charge >= 0.3 is 0 Å².